The number of piperidine rings is 1. The molecule has 6 nitrogen and oxygen atoms in total. The predicted octanol–water partition coefficient (Wildman–Crippen LogP) is 1.75. The average molecular weight is 314 g/mol. The molecule has 114 valence electrons. The van der Waals surface area contributed by atoms with Crippen LogP contribution in [0.1, 0.15) is 23.2 Å². The molecule has 1 aliphatic heterocycles. The van der Waals surface area contributed by atoms with E-state index >= 15 is 0 Å². The highest BCUT2D eigenvalue weighted by Crippen LogP contribution is 2.25. The fourth-order valence-corrected chi connectivity index (χ4v) is 2.42. The van der Waals surface area contributed by atoms with Gasteiger partial charge in [-0.15, -0.1) is 0 Å². The molecule has 1 heterocycles. The van der Waals surface area contributed by atoms with E-state index in [1.165, 1.54) is 18.2 Å². The molecule has 0 unspecified atom stereocenters. The molecule has 1 aliphatic rings. The molecule has 0 bridgehead atoms. The number of phenolic OH excluding ortho intramolecular Hbond substituents is 1. The number of nitrogens with zero attached hydrogens (tertiary/aromatic N) is 1. The van der Waals surface area contributed by atoms with Crippen molar-refractivity contribution in [1.82, 2.24) is 4.90 Å². The molecule has 0 radical (unpaired) electrons. The van der Waals surface area contributed by atoms with E-state index < -0.39 is 5.97 Å². The Hall–Kier alpha value is -1.79. The zero-order valence-corrected chi connectivity index (χ0v) is 12.0. The number of likely N-dealkylation sites (tertiary alicyclic amines) is 1. The van der Waals surface area contributed by atoms with Crippen molar-refractivity contribution in [3.05, 3.63) is 28.8 Å². The Bertz CT molecular complexity index is 540. The standard InChI is InChI=1S/C14H16ClNO5/c15-11-7-9(1-2-12(11)17)14(20)16-5-3-10(4-6-16)21-8-13(18)19/h1-2,7,10,17H,3-6,8H2,(H,18,19). The van der Waals surface area contributed by atoms with Gasteiger partial charge in [-0.25, -0.2) is 4.79 Å². The van der Waals surface area contributed by atoms with Crippen molar-refractivity contribution < 1.29 is 24.5 Å². The fraction of sp³-hybridized carbons (Fsp3) is 0.429. The lowest BCUT2D eigenvalue weighted by Crippen LogP contribution is -2.41. The number of benzene rings is 1. The van der Waals surface area contributed by atoms with E-state index in [2.05, 4.69) is 0 Å². The molecule has 7 heteroatoms. The summed E-state index contributed by atoms with van der Waals surface area (Å²) in [4.78, 5) is 24.4. The molecule has 1 amide bonds. The Morgan fingerprint density at radius 1 is 1.33 bits per heavy atom. The van der Waals surface area contributed by atoms with Crippen molar-refractivity contribution in [3.8, 4) is 5.75 Å². The number of aliphatic carboxylic acids is 1. The normalized spacial score (nSPS) is 16.0. The van der Waals surface area contributed by atoms with Crippen LogP contribution in [0, 0.1) is 0 Å². The van der Waals surface area contributed by atoms with Crippen LogP contribution in [0.4, 0.5) is 0 Å². The minimum absolute atomic E-state index is 0.0611. The molecule has 2 rings (SSSR count). The minimum atomic E-state index is -0.993. The first-order valence-electron chi connectivity index (χ1n) is 6.58. The van der Waals surface area contributed by atoms with Crippen molar-refractivity contribution in [2.24, 2.45) is 0 Å². The first-order valence-corrected chi connectivity index (χ1v) is 6.96. The van der Waals surface area contributed by atoms with Gasteiger partial charge in [0.15, 0.2) is 0 Å². The summed E-state index contributed by atoms with van der Waals surface area (Å²) < 4.78 is 5.22. The van der Waals surface area contributed by atoms with Gasteiger partial charge in [0, 0.05) is 18.7 Å². The van der Waals surface area contributed by atoms with Crippen LogP contribution in [-0.4, -0.2) is 52.8 Å². The van der Waals surface area contributed by atoms with Gasteiger partial charge in [0.2, 0.25) is 0 Å². The van der Waals surface area contributed by atoms with Crippen LogP contribution in [0.15, 0.2) is 18.2 Å². The maximum absolute atomic E-state index is 12.3. The van der Waals surface area contributed by atoms with Gasteiger partial charge >= 0.3 is 5.97 Å². The van der Waals surface area contributed by atoms with Crippen molar-refractivity contribution in [3.63, 3.8) is 0 Å². The summed E-state index contributed by atoms with van der Waals surface area (Å²) in [7, 11) is 0. The second-order valence-electron chi connectivity index (χ2n) is 4.86. The molecule has 1 fully saturated rings. The Kier molecular flexibility index (Phi) is 5.03. The summed E-state index contributed by atoms with van der Waals surface area (Å²) >= 11 is 5.79. The maximum Gasteiger partial charge on any atom is 0.329 e. The Morgan fingerprint density at radius 2 is 2.00 bits per heavy atom. The summed E-state index contributed by atoms with van der Waals surface area (Å²) in [6.07, 6.45) is 1.07. The molecule has 2 N–H and O–H groups in total. The first kappa shape index (κ1) is 15.6. The first-order chi connectivity index (χ1) is 9.97. The number of phenols is 1. The highest BCUT2D eigenvalue weighted by atomic mass is 35.5. The zero-order valence-electron chi connectivity index (χ0n) is 11.3. The van der Waals surface area contributed by atoms with Gasteiger partial charge in [-0.1, -0.05) is 11.6 Å². The van der Waals surface area contributed by atoms with Gasteiger partial charge in [-0.2, -0.15) is 0 Å². The minimum Gasteiger partial charge on any atom is -0.506 e. The number of aromatic hydroxyl groups is 1. The Balaban J connectivity index is 1.90. The lowest BCUT2D eigenvalue weighted by molar-refractivity contribution is -0.145. The Labute approximate surface area is 126 Å². The van der Waals surface area contributed by atoms with Gasteiger partial charge < -0.3 is 19.8 Å². The van der Waals surface area contributed by atoms with Crippen LogP contribution < -0.4 is 0 Å². The van der Waals surface area contributed by atoms with E-state index in [-0.39, 0.29) is 29.4 Å². The molecule has 0 atom stereocenters. The van der Waals surface area contributed by atoms with Crippen molar-refractivity contribution in [2.45, 2.75) is 18.9 Å². The Morgan fingerprint density at radius 3 is 2.57 bits per heavy atom. The molecule has 1 saturated heterocycles. The number of carbonyl (C=O) groups is 2. The van der Waals surface area contributed by atoms with Gasteiger partial charge in [0.1, 0.15) is 12.4 Å². The number of amides is 1. The van der Waals surface area contributed by atoms with Crippen LogP contribution in [0.2, 0.25) is 5.02 Å². The number of carboxylic acids is 1. The average Bonchev–Trinajstić information content (AvgIpc) is 2.48. The van der Waals surface area contributed by atoms with Crippen LogP contribution in [0.3, 0.4) is 0 Å². The molecule has 0 aromatic heterocycles. The third-order valence-electron chi connectivity index (χ3n) is 3.37. The molecular weight excluding hydrogens is 298 g/mol. The number of rotatable bonds is 4. The summed E-state index contributed by atoms with van der Waals surface area (Å²) in [5.41, 5.74) is 0.419. The van der Waals surface area contributed by atoms with Crippen LogP contribution >= 0.6 is 11.6 Å². The molecular formula is C14H16ClNO5. The number of carboxylic acid groups (broad SMARTS) is 1. The molecule has 0 saturated carbocycles. The van der Waals surface area contributed by atoms with Crippen LogP contribution in [0.5, 0.6) is 5.75 Å². The largest absolute Gasteiger partial charge is 0.506 e. The van der Waals surface area contributed by atoms with E-state index in [1.54, 1.807) is 4.90 Å². The second-order valence-corrected chi connectivity index (χ2v) is 5.27. The third-order valence-corrected chi connectivity index (χ3v) is 3.67. The SMILES string of the molecule is O=C(O)COC1CCN(C(=O)c2ccc(O)c(Cl)c2)CC1. The van der Waals surface area contributed by atoms with E-state index in [0.29, 0.717) is 31.5 Å². The monoisotopic (exact) mass is 313 g/mol. The lowest BCUT2D eigenvalue weighted by Gasteiger charge is -2.31. The van der Waals surface area contributed by atoms with E-state index in [9.17, 15) is 14.7 Å². The maximum atomic E-state index is 12.3. The van der Waals surface area contributed by atoms with Gasteiger partial charge in [0.25, 0.3) is 5.91 Å². The van der Waals surface area contributed by atoms with Crippen molar-refractivity contribution in [2.75, 3.05) is 19.7 Å². The summed E-state index contributed by atoms with van der Waals surface area (Å²) in [6, 6.07) is 4.35. The van der Waals surface area contributed by atoms with Crippen LogP contribution in [0.25, 0.3) is 0 Å². The van der Waals surface area contributed by atoms with Gasteiger partial charge in [-0.05, 0) is 31.0 Å². The fourth-order valence-electron chi connectivity index (χ4n) is 2.24. The topological polar surface area (TPSA) is 87.1 Å². The van der Waals surface area contributed by atoms with E-state index in [0.717, 1.165) is 0 Å². The quantitative estimate of drug-likeness (QED) is 0.884. The molecule has 0 aliphatic carbocycles. The van der Waals surface area contributed by atoms with Gasteiger partial charge in [0.05, 0.1) is 11.1 Å². The van der Waals surface area contributed by atoms with Crippen LogP contribution in [-0.2, 0) is 9.53 Å². The number of hydrogen-bond acceptors (Lipinski definition) is 4. The zero-order chi connectivity index (χ0) is 15.4. The number of carbonyl (C=O) groups excluding carboxylic acids is 1. The highest BCUT2D eigenvalue weighted by molar-refractivity contribution is 6.32. The summed E-state index contributed by atoms with van der Waals surface area (Å²) in [6.45, 7) is 0.690. The molecule has 1 aromatic carbocycles. The number of halogens is 1. The molecule has 21 heavy (non-hydrogen) atoms. The highest BCUT2D eigenvalue weighted by Gasteiger charge is 2.24. The summed E-state index contributed by atoms with van der Waals surface area (Å²) in [5, 5.41) is 18.1. The number of ether oxygens (including phenoxy) is 1. The van der Waals surface area contributed by atoms with E-state index in [4.69, 9.17) is 21.4 Å². The molecule has 0 spiro atoms. The molecule has 1 aromatic rings. The predicted molar refractivity (Wildman–Crippen MR) is 75.6 cm³/mol. The van der Waals surface area contributed by atoms with E-state index in [1.807, 2.05) is 0 Å². The lowest BCUT2D eigenvalue weighted by atomic mass is 10.1. The second kappa shape index (κ2) is 6.78. The van der Waals surface area contributed by atoms with Crippen molar-refractivity contribution >= 4 is 23.5 Å². The smallest absolute Gasteiger partial charge is 0.329 e. The third kappa shape index (κ3) is 4.09. The van der Waals surface area contributed by atoms with Crippen molar-refractivity contribution in [1.29, 1.82) is 0 Å². The number of hydrogen-bond donors (Lipinski definition) is 2. The van der Waals surface area contributed by atoms with Gasteiger partial charge in [-0.3, -0.25) is 4.79 Å². The summed E-state index contributed by atoms with van der Waals surface area (Å²) in [5.74, 6) is -1.21.